The SMILES string of the molecule is CNC(Cc1ccc(Br)cc1Cl)c1cc(F)c(Cl)cc1F. The van der Waals surface area contributed by atoms with Gasteiger partial charge in [-0.15, -0.1) is 0 Å². The lowest BCUT2D eigenvalue weighted by molar-refractivity contribution is 0.523. The second-order valence-corrected chi connectivity index (χ2v) is 6.30. The zero-order valence-corrected chi connectivity index (χ0v) is 14.2. The first-order valence-electron chi connectivity index (χ1n) is 6.18. The molecule has 0 heterocycles. The lowest BCUT2D eigenvalue weighted by Crippen LogP contribution is -2.20. The van der Waals surface area contributed by atoms with Crippen molar-refractivity contribution >= 4 is 39.1 Å². The minimum atomic E-state index is -0.643. The van der Waals surface area contributed by atoms with Crippen LogP contribution < -0.4 is 5.32 Å². The van der Waals surface area contributed by atoms with E-state index in [-0.39, 0.29) is 10.6 Å². The Balaban J connectivity index is 2.34. The van der Waals surface area contributed by atoms with Gasteiger partial charge in [0.1, 0.15) is 11.6 Å². The van der Waals surface area contributed by atoms with Crippen LogP contribution in [0, 0.1) is 11.6 Å². The summed E-state index contributed by atoms with van der Waals surface area (Å²) in [5.74, 6) is -1.19. The summed E-state index contributed by atoms with van der Waals surface area (Å²) in [7, 11) is 1.68. The quantitative estimate of drug-likeness (QED) is 0.671. The maximum Gasteiger partial charge on any atom is 0.142 e. The molecular formula is C15H12BrCl2F2N. The Bertz CT molecular complexity index is 664. The molecule has 1 unspecified atom stereocenters. The molecule has 1 N–H and O–H groups in total. The number of hydrogen-bond donors (Lipinski definition) is 1. The first-order chi connectivity index (χ1) is 9.92. The third kappa shape index (κ3) is 3.95. The lowest BCUT2D eigenvalue weighted by atomic mass is 9.98. The van der Waals surface area contributed by atoms with Crippen LogP contribution in [-0.2, 0) is 6.42 Å². The van der Waals surface area contributed by atoms with Crippen LogP contribution in [0.15, 0.2) is 34.8 Å². The van der Waals surface area contributed by atoms with E-state index in [4.69, 9.17) is 23.2 Å². The van der Waals surface area contributed by atoms with Crippen LogP contribution in [0.1, 0.15) is 17.2 Å². The van der Waals surface area contributed by atoms with Gasteiger partial charge in [0.2, 0.25) is 0 Å². The van der Waals surface area contributed by atoms with E-state index in [9.17, 15) is 8.78 Å². The van der Waals surface area contributed by atoms with Crippen molar-refractivity contribution in [2.75, 3.05) is 7.05 Å². The first-order valence-corrected chi connectivity index (χ1v) is 7.73. The molecule has 21 heavy (non-hydrogen) atoms. The Morgan fingerprint density at radius 1 is 1.10 bits per heavy atom. The van der Waals surface area contributed by atoms with Gasteiger partial charge in [0.25, 0.3) is 0 Å². The molecule has 112 valence electrons. The lowest BCUT2D eigenvalue weighted by Gasteiger charge is -2.19. The van der Waals surface area contributed by atoms with Crippen molar-refractivity contribution in [3.63, 3.8) is 0 Å². The number of hydrogen-bond acceptors (Lipinski definition) is 1. The Morgan fingerprint density at radius 2 is 1.81 bits per heavy atom. The molecule has 0 spiro atoms. The van der Waals surface area contributed by atoms with E-state index in [1.165, 1.54) is 0 Å². The van der Waals surface area contributed by atoms with Crippen LogP contribution in [0.2, 0.25) is 10.0 Å². The van der Waals surface area contributed by atoms with Crippen LogP contribution in [-0.4, -0.2) is 7.05 Å². The first kappa shape index (κ1) is 16.7. The highest BCUT2D eigenvalue weighted by Gasteiger charge is 2.18. The normalized spacial score (nSPS) is 12.5. The van der Waals surface area contributed by atoms with Crippen LogP contribution in [0.4, 0.5) is 8.78 Å². The molecule has 0 aliphatic carbocycles. The third-order valence-corrected chi connectivity index (χ3v) is 4.34. The molecule has 0 fully saturated rings. The zero-order chi connectivity index (χ0) is 15.6. The summed E-state index contributed by atoms with van der Waals surface area (Å²) < 4.78 is 28.4. The highest BCUT2D eigenvalue weighted by molar-refractivity contribution is 9.10. The summed E-state index contributed by atoms with van der Waals surface area (Å²) in [4.78, 5) is 0. The van der Waals surface area contributed by atoms with Crippen molar-refractivity contribution in [2.24, 2.45) is 0 Å². The summed E-state index contributed by atoms with van der Waals surface area (Å²) in [5.41, 5.74) is 1.06. The monoisotopic (exact) mass is 393 g/mol. The summed E-state index contributed by atoms with van der Waals surface area (Å²) in [6.07, 6.45) is 0.431. The maximum atomic E-state index is 14.0. The van der Waals surface area contributed by atoms with Gasteiger partial charge in [-0.25, -0.2) is 8.78 Å². The molecule has 0 aliphatic heterocycles. The summed E-state index contributed by atoms with van der Waals surface area (Å²) in [6, 6.07) is 7.16. The van der Waals surface area contributed by atoms with Crippen LogP contribution in [0.5, 0.6) is 0 Å². The molecule has 6 heteroatoms. The fourth-order valence-corrected chi connectivity index (χ4v) is 2.98. The Kier molecular flexibility index (Phi) is 5.60. The van der Waals surface area contributed by atoms with Gasteiger partial charge in [-0.3, -0.25) is 0 Å². The number of rotatable bonds is 4. The van der Waals surface area contributed by atoms with Gasteiger partial charge < -0.3 is 5.32 Å². The Morgan fingerprint density at radius 3 is 2.43 bits per heavy atom. The van der Waals surface area contributed by atoms with Gasteiger partial charge in [-0.2, -0.15) is 0 Å². The van der Waals surface area contributed by atoms with Crippen LogP contribution >= 0.6 is 39.1 Å². The van der Waals surface area contributed by atoms with Crippen molar-refractivity contribution in [2.45, 2.75) is 12.5 Å². The predicted octanol–water partition coefficient (Wildman–Crippen LogP) is 5.54. The fraction of sp³-hybridized carbons (Fsp3) is 0.200. The highest BCUT2D eigenvalue weighted by atomic mass is 79.9. The largest absolute Gasteiger partial charge is 0.313 e. The minimum Gasteiger partial charge on any atom is -0.313 e. The Hall–Kier alpha value is -0.680. The number of halogens is 5. The van der Waals surface area contributed by atoms with E-state index < -0.39 is 17.7 Å². The molecule has 0 radical (unpaired) electrons. The van der Waals surface area contributed by atoms with Crippen molar-refractivity contribution < 1.29 is 8.78 Å². The van der Waals surface area contributed by atoms with Gasteiger partial charge in [0.15, 0.2) is 0 Å². The molecule has 2 aromatic carbocycles. The second kappa shape index (κ2) is 7.05. The van der Waals surface area contributed by atoms with E-state index in [0.29, 0.717) is 11.4 Å². The van der Waals surface area contributed by atoms with E-state index in [2.05, 4.69) is 21.2 Å². The third-order valence-electron chi connectivity index (χ3n) is 3.20. The van der Waals surface area contributed by atoms with Crippen LogP contribution in [0.3, 0.4) is 0 Å². The molecule has 1 nitrogen and oxygen atoms in total. The molecule has 0 saturated carbocycles. The molecular weight excluding hydrogens is 383 g/mol. The number of nitrogens with one attached hydrogen (secondary N) is 1. The van der Waals surface area contributed by atoms with Crippen molar-refractivity contribution in [3.8, 4) is 0 Å². The molecule has 2 rings (SSSR count). The van der Waals surface area contributed by atoms with Gasteiger partial charge in [-0.1, -0.05) is 45.2 Å². The molecule has 1 atom stereocenters. The van der Waals surface area contributed by atoms with Crippen molar-refractivity contribution in [3.05, 3.63) is 67.6 Å². The molecule has 0 amide bonds. The topological polar surface area (TPSA) is 12.0 Å². The average molecular weight is 395 g/mol. The van der Waals surface area contributed by atoms with Gasteiger partial charge >= 0.3 is 0 Å². The smallest absolute Gasteiger partial charge is 0.142 e. The summed E-state index contributed by atoms with van der Waals surface area (Å²) >= 11 is 15.1. The van der Waals surface area contributed by atoms with Crippen molar-refractivity contribution in [1.29, 1.82) is 0 Å². The molecule has 0 aromatic heterocycles. The summed E-state index contributed by atoms with van der Waals surface area (Å²) in [6.45, 7) is 0. The standard InChI is InChI=1S/C15H12BrCl2F2N/c1-21-15(4-8-2-3-9(16)5-11(8)17)10-6-14(20)12(18)7-13(10)19/h2-3,5-7,15,21H,4H2,1H3. The maximum absolute atomic E-state index is 14.0. The second-order valence-electron chi connectivity index (χ2n) is 4.57. The molecule has 0 saturated heterocycles. The van der Waals surface area contributed by atoms with E-state index >= 15 is 0 Å². The number of benzene rings is 2. The summed E-state index contributed by atoms with van der Waals surface area (Å²) in [5, 5.41) is 3.32. The van der Waals surface area contributed by atoms with Gasteiger partial charge in [0.05, 0.1) is 5.02 Å². The molecule has 2 aromatic rings. The van der Waals surface area contributed by atoms with E-state index in [0.717, 1.165) is 22.2 Å². The average Bonchev–Trinajstić information content (AvgIpc) is 2.43. The van der Waals surface area contributed by atoms with Crippen molar-refractivity contribution in [1.82, 2.24) is 5.32 Å². The fourth-order valence-electron chi connectivity index (χ4n) is 2.08. The molecule has 0 bridgehead atoms. The Labute approximate surface area is 140 Å². The molecule has 0 aliphatic rings. The predicted molar refractivity (Wildman–Crippen MR) is 86.0 cm³/mol. The van der Waals surface area contributed by atoms with E-state index in [1.54, 1.807) is 13.1 Å². The zero-order valence-electron chi connectivity index (χ0n) is 11.1. The minimum absolute atomic E-state index is 0.221. The van der Waals surface area contributed by atoms with Gasteiger partial charge in [0, 0.05) is 21.1 Å². The van der Waals surface area contributed by atoms with Gasteiger partial charge in [-0.05, 0) is 43.3 Å². The van der Waals surface area contributed by atoms with Crippen LogP contribution in [0.25, 0.3) is 0 Å². The number of likely N-dealkylation sites (N-methyl/N-ethyl adjacent to an activating group) is 1. The highest BCUT2D eigenvalue weighted by Crippen LogP contribution is 2.29. The van der Waals surface area contributed by atoms with E-state index in [1.807, 2.05) is 12.1 Å².